The molecule has 16 heavy (non-hydrogen) atoms. The maximum atomic E-state index is 5.08. The highest BCUT2D eigenvalue weighted by Gasteiger charge is 2.02. The number of thioether (sulfide) groups is 1. The van der Waals surface area contributed by atoms with Gasteiger partial charge < -0.3 is 10.1 Å². The van der Waals surface area contributed by atoms with E-state index in [4.69, 9.17) is 4.74 Å². The largest absolute Gasteiger partial charge is 0.383 e. The number of pyridine rings is 1. The summed E-state index contributed by atoms with van der Waals surface area (Å²) in [4.78, 5) is 4.29. The van der Waals surface area contributed by atoms with E-state index >= 15 is 0 Å². The highest BCUT2D eigenvalue weighted by atomic mass is 32.2. The Morgan fingerprint density at radius 1 is 1.56 bits per heavy atom. The molecule has 0 radical (unpaired) electrons. The van der Waals surface area contributed by atoms with Gasteiger partial charge in [-0.3, -0.25) is 0 Å². The molecule has 0 aliphatic heterocycles. The van der Waals surface area contributed by atoms with Gasteiger partial charge in [0.1, 0.15) is 5.82 Å². The summed E-state index contributed by atoms with van der Waals surface area (Å²) >= 11 is 1.92. The molecule has 0 aliphatic rings. The maximum Gasteiger partial charge on any atom is 0.126 e. The van der Waals surface area contributed by atoms with Crippen molar-refractivity contribution in [3.63, 3.8) is 0 Å². The fourth-order valence-corrected chi connectivity index (χ4v) is 2.03. The minimum Gasteiger partial charge on any atom is -0.383 e. The van der Waals surface area contributed by atoms with Crippen LogP contribution < -0.4 is 5.32 Å². The molecular formula is C12H20N2OS. The van der Waals surface area contributed by atoms with Crippen molar-refractivity contribution in [3.05, 3.63) is 23.9 Å². The summed E-state index contributed by atoms with van der Waals surface area (Å²) in [5.41, 5.74) is 1.31. The lowest BCUT2D eigenvalue weighted by Crippen LogP contribution is -2.21. The normalized spacial score (nSPS) is 12.4. The van der Waals surface area contributed by atoms with E-state index in [0.717, 1.165) is 17.3 Å². The average Bonchev–Trinajstić information content (AvgIpc) is 2.27. The van der Waals surface area contributed by atoms with E-state index in [2.05, 4.69) is 36.3 Å². The van der Waals surface area contributed by atoms with Crippen LogP contribution in [0.5, 0.6) is 0 Å². The van der Waals surface area contributed by atoms with Crippen LogP contribution in [-0.2, 0) is 10.5 Å². The lowest BCUT2D eigenvalue weighted by atomic mass is 10.3. The minimum atomic E-state index is 0.284. The van der Waals surface area contributed by atoms with Gasteiger partial charge in [0.2, 0.25) is 0 Å². The van der Waals surface area contributed by atoms with Crippen molar-refractivity contribution >= 4 is 17.6 Å². The first kappa shape index (κ1) is 13.3. The van der Waals surface area contributed by atoms with Crippen LogP contribution in [0.4, 0.5) is 5.82 Å². The van der Waals surface area contributed by atoms with E-state index in [1.54, 1.807) is 7.11 Å². The first-order valence-electron chi connectivity index (χ1n) is 5.54. The van der Waals surface area contributed by atoms with Gasteiger partial charge in [-0.25, -0.2) is 4.98 Å². The standard InChI is InChI=1S/C12H20N2OS/c1-4-16-9-11-5-6-13-12(7-11)14-10(2)8-15-3/h5-7,10H,4,8-9H2,1-3H3,(H,13,14). The van der Waals surface area contributed by atoms with Gasteiger partial charge in [0.25, 0.3) is 0 Å². The Bertz CT molecular complexity index is 307. The van der Waals surface area contributed by atoms with Gasteiger partial charge in [0.15, 0.2) is 0 Å². The maximum absolute atomic E-state index is 5.08. The van der Waals surface area contributed by atoms with Crippen LogP contribution >= 0.6 is 11.8 Å². The first-order valence-corrected chi connectivity index (χ1v) is 6.70. The van der Waals surface area contributed by atoms with Crippen molar-refractivity contribution in [3.8, 4) is 0 Å². The zero-order valence-corrected chi connectivity index (χ0v) is 11.0. The van der Waals surface area contributed by atoms with E-state index < -0.39 is 0 Å². The number of rotatable bonds is 7. The Hall–Kier alpha value is -0.740. The second-order valence-corrected chi connectivity index (χ2v) is 4.96. The lowest BCUT2D eigenvalue weighted by molar-refractivity contribution is 0.190. The van der Waals surface area contributed by atoms with Crippen LogP contribution in [0.2, 0.25) is 0 Å². The van der Waals surface area contributed by atoms with Crippen molar-refractivity contribution in [2.24, 2.45) is 0 Å². The average molecular weight is 240 g/mol. The minimum absolute atomic E-state index is 0.284. The predicted molar refractivity (Wildman–Crippen MR) is 71.0 cm³/mol. The molecule has 1 heterocycles. The molecule has 4 heteroatoms. The lowest BCUT2D eigenvalue weighted by Gasteiger charge is -2.13. The topological polar surface area (TPSA) is 34.2 Å². The molecule has 1 N–H and O–H groups in total. The Balaban J connectivity index is 2.52. The van der Waals surface area contributed by atoms with Crippen LogP contribution in [-0.4, -0.2) is 30.5 Å². The molecule has 0 amide bonds. The fraction of sp³-hybridized carbons (Fsp3) is 0.583. The summed E-state index contributed by atoms with van der Waals surface area (Å²) in [7, 11) is 1.71. The van der Waals surface area contributed by atoms with Crippen molar-refractivity contribution in [2.45, 2.75) is 25.6 Å². The van der Waals surface area contributed by atoms with Crippen LogP contribution in [0, 0.1) is 0 Å². The molecule has 1 rings (SSSR count). The summed E-state index contributed by atoms with van der Waals surface area (Å²) in [6.07, 6.45) is 1.85. The van der Waals surface area contributed by atoms with Gasteiger partial charge in [-0.05, 0) is 30.4 Å². The molecule has 0 aromatic carbocycles. The highest BCUT2D eigenvalue weighted by molar-refractivity contribution is 7.98. The molecule has 1 unspecified atom stereocenters. The monoisotopic (exact) mass is 240 g/mol. The Kier molecular flexibility index (Phi) is 6.26. The van der Waals surface area contributed by atoms with Gasteiger partial charge in [-0.1, -0.05) is 6.92 Å². The van der Waals surface area contributed by atoms with Crippen LogP contribution in [0.1, 0.15) is 19.4 Å². The number of aromatic nitrogens is 1. The summed E-state index contributed by atoms with van der Waals surface area (Å²) in [6.45, 7) is 4.94. The third-order valence-corrected chi connectivity index (χ3v) is 3.05. The molecule has 0 spiro atoms. The van der Waals surface area contributed by atoms with Gasteiger partial charge in [-0.15, -0.1) is 0 Å². The van der Waals surface area contributed by atoms with Crippen molar-refractivity contribution in [2.75, 3.05) is 24.8 Å². The second-order valence-electron chi connectivity index (χ2n) is 3.69. The zero-order chi connectivity index (χ0) is 11.8. The SMILES string of the molecule is CCSCc1ccnc(NC(C)COC)c1. The fourth-order valence-electron chi connectivity index (χ4n) is 1.41. The first-order chi connectivity index (χ1) is 7.76. The van der Waals surface area contributed by atoms with Crippen LogP contribution in [0.3, 0.4) is 0 Å². The molecular weight excluding hydrogens is 220 g/mol. The van der Waals surface area contributed by atoms with Crippen molar-refractivity contribution in [1.29, 1.82) is 0 Å². The quantitative estimate of drug-likeness (QED) is 0.794. The van der Waals surface area contributed by atoms with E-state index in [1.165, 1.54) is 5.56 Å². The van der Waals surface area contributed by atoms with E-state index in [9.17, 15) is 0 Å². The van der Waals surface area contributed by atoms with E-state index in [0.29, 0.717) is 6.61 Å². The molecule has 1 aromatic heterocycles. The van der Waals surface area contributed by atoms with Gasteiger partial charge in [0.05, 0.1) is 6.61 Å². The highest BCUT2D eigenvalue weighted by Crippen LogP contribution is 2.14. The summed E-state index contributed by atoms with van der Waals surface area (Å²) in [6, 6.07) is 4.45. The zero-order valence-electron chi connectivity index (χ0n) is 10.2. The smallest absolute Gasteiger partial charge is 0.126 e. The van der Waals surface area contributed by atoms with Crippen molar-refractivity contribution < 1.29 is 4.74 Å². The number of hydrogen-bond donors (Lipinski definition) is 1. The van der Waals surface area contributed by atoms with E-state index in [1.807, 2.05) is 18.0 Å². The molecule has 0 bridgehead atoms. The van der Waals surface area contributed by atoms with Crippen molar-refractivity contribution in [1.82, 2.24) is 4.98 Å². The van der Waals surface area contributed by atoms with Gasteiger partial charge in [0, 0.05) is 25.1 Å². The third-order valence-electron chi connectivity index (χ3n) is 2.11. The van der Waals surface area contributed by atoms with Crippen LogP contribution in [0.25, 0.3) is 0 Å². The van der Waals surface area contributed by atoms with E-state index in [-0.39, 0.29) is 6.04 Å². The molecule has 0 saturated heterocycles. The predicted octanol–water partition coefficient (Wildman–Crippen LogP) is 2.78. The van der Waals surface area contributed by atoms with Crippen LogP contribution in [0.15, 0.2) is 18.3 Å². The van der Waals surface area contributed by atoms with Gasteiger partial charge in [-0.2, -0.15) is 11.8 Å². The molecule has 1 atom stereocenters. The summed E-state index contributed by atoms with van der Waals surface area (Å²) in [5.74, 6) is 3.12. The molecule has 90 valence electrons. The number of methoxy groups -OCH3 is 1. The number of ether oxygens (including phenoxy) is 1. The Morgan fingerprint density at radius 3 is 3.06 bits per heavy atom. The molecule has 0 fully saturated rings. The Labute approximate surface area is 102 Å². The summed E-state index contributed by atoms with van der Waals surface area (Å²) in [5, 5.41) is 3.31. The molecule has 3 nitrogen and oxygen atoms in total. The summed E-state index contributed by atoms with van der Waals surface area (Å²) < 4.78 is 5.08. The second kappa shape index (κ2) is 7.52. The third kappa shape index (κ3) is 4.86. The Morgan fingerprint density at radius 2 is 2.38 bits per heavy atom. The number of nitrogens with one attached hydrogen (secondary N) is 1. The molecule has 0 saturated carbocycles. The van der Waals surface area contributed by atoms with Gasteiger partial charge >= 0.3 is 0 Å². The molecule has 0 aliphatic carbocycles. The number of anilines is 1. The number of hydrogen-bond acceptors (Lipinski definition) is 4. The number of nitrogens with zero attached hydrogens (tertiary/aromatic N) is 1. The molecule has 1 aromatic rings.